The van der Waals surface area contributed by atoms with Gasteiger partial charge < -0.3 is 19.8 Å². The topological polar surface area (TPSA) is 118 Å². The summed E-state index contributed by atoms with van der Waals surface area (Å²) in [6, 6.07) is 13.9. The number of amides is 2. The van der Waals surface area contributed by atoms with Crippen LogP contribution in [0.25, 0.3) is 11.4 Å². The van der Waals surface area contributed by atoms with E-state index in [-0.39, 0.29) is 31.0 Å². The number of benzene rings is 2. The maximum atomic E-state index is 13.5. The van der Waals surface area contributed by atoms with Gasteiger partial charge in [0.1, 0.15) is 6.54 Å². The summed E-state index contributed by atoms with van der Waals surface area (Å²) < 4.78 is 5.10. The van der Waals surface area contributed by atoms with Crippen LogP contribution < -0.4 is 5.32 Å². The number of fused-ring (bicyclic) bond motifs is 1. The van der Waals surface area contributed by atoms with Crippen molar-refractivity contribution in [3.8, 4) is 11.4 Å². The number of hydrazine groups is 1. The molecule has 2 aromatic carbocycles. The zero-order valence-electron chi connectivity index (χ0n) is 23.3. The molecular formula is C29H37N7O4. The lowest BCUT2D eigenvalue weighted by molar-refractivity contribution is -0.151. The first kappa shape index (κ1) is 27.8. The molecule has 2 N–H and O–H groups in total. The van der Waals surface area contributed by atoms with Crippen LogP contribution in [0.2, 0.25) is 0 Å². The van der Waals surface area contributed by atoms with E-state index in [9.17, 15) is 14.7 Å². The summed E-state index contributed by atoms with van der Waals surface area (Å²) in [7, 11) is 1.76. The van der Waals surface area contributed by atoms with Gasteiger partial charge in [0, 0.05) is 64.5 Å². The van der Waals surface area contributed by atoms with Crippen LogP contribution in [-0.4, -0.2) is 99.3 Å². The van der Waals surface area contributed by atoms with E-state index in [0.29, 0.717) is 44.4 Å². The Morgan fingerprint density at radius 1 is 1.12 bits per heavy atom. The predicted molar refractivity (Wildman–Crippen MR) is 150 cm³/mol. The summed E-state index contributed by atoms with van der Waals surface area (Å²) in [5.41, 5.74) is 4.96. The second kappa shape index (κ2) is 12.2. The van der Waals surface area contributed by atoms with Gasteiger partial charge in [-0.15, -0.1) is 0 Å². The Bertz CT molecular complexity index is 1330. The summed E-state index contributed by atoms with van der Waals surface area (Å²) in [5, 5.41) is 20.8. The van der Waals surface area contributed by atoms with Crippen LogP contribution >= 0.6 is 0 Å². The largest absolute Gasteiger partial charge is 0.392 e. The van der Waals surface area contributed by atoms with Gasteiger partial charge in [0.15, 0.2) is 0 Å². The average Bonchev–Trinajstić information content (AvgIpc) is 3.69. The number of aliphatic hydroxyl groups excluding tert-OH is 1. The Morgan fingerprint density at radius 2 is 1.88 bits per heavy atom. The fourth-order valence-corrected chi connectivity index (χ4v) is 5.17. The standard InChI is InChI=1S/C29H37N7O4/c1-20-8-9-22(29-31-21(2)40-32-29)14-26(20)30-15-27(38)35(13-12-34-11-10-25(37)18-34)19-28(39)33(3)36-16-23-6-4-5-7-24(23)17-36/h4-9,14,25,30,37H,10-13,15-19H2,1-3H3. The Kier molecular flexibility index (Phi) is 8.43. The molecule has 1 aromatic heterocycles. The molecule has 0 spiro atoms. The van der Waals surface area contributed by atoms with E-state index in [4.69, 9.17) is 4.52 Å². The molecule has 3 aromatic rings. The molecule has 3 heterocycles. The zero-order valence-corrected chi connectivity index (χ0v) is 23.3. The minimum Gasteiger partial charge on any atom is -0.392 e. The van der Waals surface area contributed by atoms with Gasteiger partial charge in [-0.05, 0) is 36.1 Å². The molecule has 1 saturated heterocycles. The highest BCUT2D eigenvalue weighted by atomic mass is 16.5. The molecule has 0 radical (unpaired) electrons. The molecule has 0 bridgehead atoms. The second-order valence-corrected chi connectivity index (χ2v) is 10.6. The average molecular weight is 548 g/mol. The molecule has 2 amide bonds. The highest BCUT2D eigenvalue weighted by molar-refractivity contribution is 5.87. The molecular weight excluding hydrogens is 510 g/mol. The van der Waals surface area contributed by atoms with Gasteiger partial charge in [0.25, 0.3) is 5.91 Å². The summed E-state index contributed by atoms with van der Waals surface area (Å²) in [4.78, 5) is 34.9. The number of rotatable bonds is 10. The van der Waals surface area contributed by atoms with Crippen molar-refractivity contribution in [3.05, 3.63) is 65.0 Å². The van der Waals surface area contributed by atoms with Crippen molar-refractivity contribution in [2.45, 2.75) is 39.5 Å². The summed E-state index contributed by atoms with van der Waals surface area (Å²) in [6.45, 7) is 7.39. The van der Waals surface area contributed by atoms with Crippen molar-refractivity contribution in [1.29, 1.82) is 0 Å². The second-order valence-electron chi connectivity index (χ2n) is 10.6. The molecule has 0 saturated carbocycles. The predicted octanol–water partition coefficient (Wildman–Crippen LogP) is 2.05. The minimum absolute atomic E-state index is 0.0264. The number of nitrogens with one attached hydrogen (secondary N) is 1. The monoisotopic (exact) mass is 547 g/mol. The number of likely N-dealkylation sites (N-methyl/N-ethyl adjacent to an activating group) is 1. The summed E-state index contributed by atoms with van der Waals surface area (Å²) >= 11 is 0. The van der Waals surface area contributed by atoms with E-state index in [1.807, 2.05) is 42.3 Å². The van der Waals surface area contributed by atoms with Crippen molar-refractivity contribution in [1.82, 2.24) is 30.0 Å². The number of nitrogens with zero attached hydrogens (tertiary/aromatic N) is 6. The lowest BCUT2D eigenvalue weighted by Gasteiger charge is -2.31. The van der Waals surface area contributed by atoms with E-state index in [1.165, 1.54) is 11.1 Å². The first-order valence-electron chi connectivity index (χ1n) is 13.7. The first-order valence-corrected chi connectivity index (χ1v) is 13.7. The Morgan fingerprint density at radius 3 is 2.52 bits per heavy atom. The lowest BCUT2D eigenvalue weighted by atomic mass is 10.1. The van der Waals surface area contributed by atoms with Gasteiger partial charge in [0.05, 0.1) is 12.6 Å². The number of aromatic nitrogens is 2. The summed E-state index contributed by atoms with van der Waals surface area (Å²) in [5.74, 6) is 0.646. The number of aryl methyl sites for hydroxylation is 2. The molecule has 1 fully saturated rings. The number of β-amino-alcohol motifs (C(OH)–C–C–N with tert-alkyl or cyclic N) is 1. The van der Waals surface area contributed by atoms with Gasteiger partial charge in [-0.2, -0.15) is 4.98 Å². The van der Waals surface area contributed by atoms with Gasteiger partial charge in [-0.25, -0.2) is 5.01 Å². The highest BCUT2D eigenvalue weighted by Gasteiger charge is 2.28. The molecule has 0 aliphatic carbocycles. The van der Waals surface area contributed by atoms with Crippen molar-refractivity contribution >= 4 is 17.5 Å². The SMILES string of the molecule is Cc1nc(-c2ccc(C)c(NCC(=O)N(CCN3CCC(O)C3)CC(=O)N(C)N3Cc4ccccc4C3)c2)no1. The molecule has 2 aliphatic rings. The van der Waals surface area contributed by atoms with Gasteiger partial charge in [-0.3, -0.25) is 19.5 Å². The molecule has 11 heteroatoms. The number of hydrogen-bond acceptors (Lipinski definition) is 9. The van der Waals surface area contributed by atoms with Gasteiger partial charge in [-0.1, -0.05) is 41.6 Å². The molecule has 1 unspecified atom stereocenters. The van der Waals surface area contributed by atoms with E-state index < -0.39 is 0 Å². The van der Waals surface area contributed by atoms with Crippen molar-refractivity contribution in [2.75, 3.05) is 51.6 Å². The third-order valence-electron chi connectivity index (χ3n) is 7.68. The first-order chi connectivity index (χ1) is 19.3. The summed E-state index contributed by atoms with van der Waals surface area (Å²) in [6.07, 6.45) is 0.385. The fourth-order valence-electron chi connectivity index (χ4n) is 5.17. The fraction of sp³-hybridized carbons (Fsp3) is 0.448. The number of carbonyl (C=O) groups excluding carboxylic acids is 2. The smallest absolute Gasteiger partial charge is 0.256 e. The molecule has 2 aliphatic heterocycles. The van der Waals surface area contributed by atoms with Crippen molar-refractivity contribution < 1.29 is 19.2 Å². The lowest BCUT2D eigenvalue weighted by Crippen LogP contribution is -2.49. The van der Waals surface area contributed by atoms with E-state index in [0.717, 1.165) is 29.8 Å². The molecule has 5 rings (SSSR count). The van der Waals surface area contributed by atoms with Crippen LogP contribution in [0.1, 0.15) is 29.0 Å². The van der Waals surface area contributed by atoms with Crippen LogP contribution in [0.15, 0.2) is 47.0 Å². The number of hydrogen-bond donors (Lipinski definition) is 2. The molecule has 11 nitrogen and oxygen atoms in total. The van der Waals surface area contributed by atoms with Crippen molar-refractivity contribution in [3.63, 3.8) is 0 Å². The van der Waals surface area contributed by atoms with Crippen LogP contribution in [0.3, 0.4) is 0 Å². The molecule has 1 atom stereocenters. The van der Waals surface area contributed by atoms with Crippen LogP contribution in [0, 0.1) is 13.8 Å². The maximum absolute atomic E-state index is 13.5. The third kappa shape index (κ3) is 6.49. The normalized spacial score (nSPS) is 17.1. The zero-order chi connectivity index (χ0) is 28.2. The minimum atomic E-state index is -0.339. The van der Waals surface area contributed by atoms with Crippen LogP contribution in [-0.2, 0) is 22.7 Å². The van der Waals surface area contributed by atoms with Crippen LogP contribution in [0.4, 0.5) is 5.69 Å². The van der Waals surface area contributed by atoms with E-state index in [2.05, 4.69) is 32.5 Å². The molecule has 40 heavy (non-hydrogen) atoms. The maximum Gasteiger partial charge on any atom is 0.256 e. The van der Waals surface area contributed by atoms with Gasteiger partial charge >= 0.3 is 0 Å². The van der Waals surface area contributed by atoms with Crippen LogP contribution in [0.5, 0.6) is 0 Å². The number of anilines is 1. The van der Waals surface area contributed by atoms with E-state index in [1.54, 1.807) is 23.9 Å². The number of likely N-dealkylation sites (tertiary alicyclic amines) is 1. The van der Waals surface area contributed by atoms with E-state index >= 15 is 0 Å². The Labute approximate surface area is 234 Å². The number of aliphatic hydroxyl groups is 1. The van der Waals surface area contributed by atoms with Crippen molar-refractivity contribution in [2.24, 2.45) is 0 Å². The third-order valence-corrected chi connectivity index (χ3v) is 7.68. The van der Waals surface area contributed by atoms with Gasteiger partial charge in [0.2, 0.25) is 17.6 Å². The quantitative estimate of drug-likeness (QED) is 0.393. The Hall–Kier alpha value is -3.80. The molecule has 212 valence electrons. The highest BCUT2D eigenvalue weighted by Crippen LogP contribution is 2.24. The number of carbonyl (C=O) groups is 2. The Balaban J connectivity index is 1.24.